The second-order valence-electron chi connectivity index (χ2n) is 4.48. The van der Waals surface area contributed by atoms with E-state index < -0.39 is 0 Å². The Morgan fingerprint density at radius 1 is 1.38 bits per heavy atom. The van der Waals surface area contributed by atoms with Crippen molar-refractivity contribution in [3.63, 3.8) is 0 Å². The highest BCUT2D eigenvalue weighted by Crippen LogP contribution is 2.33. The van der Waals surface area contributed by atoms with Crippen molar-refractivity contribution < 1.29 is 0 Å². The Bertz CT molecular complexity index is 347. The average molecular weight is 220 g/mol. The van der Waals surface area contributed by atoms with Gasteiger partial charge in [-0.3, -0.25) is 0 Å². The smallest absolute Gasteiger partial charge is 0.224 e. The Kier molecular flexibility index (Phi) is 3.59. The Labute approximate surface area is 96.9 Å². The molecular weight excluding hydrogens is 200 g/mol. The number of rotatable bonds is 6. The van der Waals surface area contributed by atoms with Crippen LogP contribution in [-0.2, 0) is 0 Å². The second-order valence-corrected chi connectivity index (χ2v) is 4.48. The molecule has 0 bridgehead atoms. The molecule has 0 spiro atoms. The molecule has 1 aromatic rings. The molecule has 1 aliphatic carbocycles. The van der Waals surface area contributed by atoms with E-state index in [2.05, 4.69) is 20.6 Å². The third-order valence-electron chi connectivity index (χ3n) is 2.87. The summed E-state index contributed by atoms with van der Waals surface area (Å²) in [6.45, 7) is 2.99. The van der Waals surface area contributed by atoms with E-state index in [1.54, 1.807) is 0 Å². The predicted octanol–water partition coefficient (Wildman–Crippen LogP) is 2.43. The second kappa shape index (κ2) is 5.14. The van der Waals surface area contributed by atoms with Crippen molar-refractivity contribution in [3.8, 4) is 0 Å². The highest BCUT2D eigenvalue weighted by atomic mass is 15.1. The standard InChI is InChI=1S/C12H20N4/c1-9-8-11(16-12(13-2)15-9)14-7-3-4-10-5-6-10/h8,10H,3-7H2,1-2H3,(H2,13,14,15,16). The molecule has 1 fully saturated rings. The van der Waals surface area contributed by atoms with E-state index in [1.165, 1.54) is 25.7 Å². The molecule has 0 amide bonds. The molecule has 0 aromatic carbocycles. The van der Waals surface area contributed by atoms with E-state index in [0.29, 0.717) is 5.95 Å². The maximum Gasteiger partial charge on any atom is 0.224 e. The van der Waals surface area contributed by atoms with Gasteiger partial charge in [0.15, 0.2) is 0 Å². The van der Waals surface area contributed by atoms with Crippen molar-refractivity contribution in [2.45, 2.75) is 32.6 Å². The number of nitrogens with zero attached hydrogens (tertiary/aromatic N) is 2. The summed E-state index contributed by atoms with van der Waals surface area (Å²) in [4.78, 5) is 8.61. The lowest BCUT2D eigenvalue weighted by Gasteiger charge is -2.07. The molecule has 1 aliphatic rings. The minimum Gasteiger partial charge on any atom is -0.370 e. The fourth-order valence-corrected chi connectivity index (χ4v) is 1.78. The summed E-state index contributed by atoms with van der Waals surface area (Å²) in [7, 11) is 1.84. The Hall–Kier alpha value is -1.32. The Balaban J connectivity index is 1.80. The van der Waals surface area contributed by atoms with E-state index in [4.69, 9.17) is 0 Å². The summed E-state index contributed by atoms with van der Waals surface area (Å²) in [6, 6.07) is 1.98. The molecule has 0 aliphatic heterocycles. The van der Waals surface area contributed by atoms with E-state index in [9.17, 15) is 0 Å². The number of nitrogens with one attached hydrogen (secondary N) is 2. The van der Waals surface area contributed by atoms with Crippen molar-refractivity contribution in [1.82, 2.24) is 9.97 Å². The van der Waals surface area contributed by atoms with Gasteiger partial charge in [-0.1, -0.05) is 12.8 Å². The summed E-state index contributed by atoms with van der Waals surface area (Å²) in [5.41, 5.74) is 0.990. The summed E-state index contributed by atoms with van der Waals surface area (Å²) < 4.78 is 0. The predicted molar refractivity (Wildman–Crippen MR) is 66.8 cm³/mol. The molecule has 4 heteroatoms. The van der Waals surface area contributed by atoms with Gasteiger partial charge in [0.05, 0.1) is 0 Å². The Morgan fingerprint density at radius 2 is 2.19 bits per heavy atom. The fraction of sp³-hybridized carbons (Fsp3) is 0.667. The zero-order chi connectivity index (χ0) is 11.4. The van der Waals surface area contributed by atoms with Gasteiger partial charge in [0.2, 0.25) is 5.95 Å². The van der Waals surface area contributed by atoms with Crippen LogP contribution in [0.3, 0.4) is 0 Å². The maximum absolute atomic E-state index is 4.35. The molecule has 0 saturated heterocycles. The number of hydrogen-bond donors (Lipinski definition) is 2. The number of aryl methyl sites for hydroxylation is 1. The van der Waals surface area contributed by atoms with Crippen molar-refractivity contribution in [3.05, 3.63) is 11.8 Å². The van der Waals surface area contributed by atoms with Crippen LogP contribution in [0.4, 0.5) is 11.8 Å². The minimum atomic E-state index is 0.685. The third-order valence-corrected chi connectivity index (χ3v) is 2.87. The lowest BCUT2D eigenvalue weighted by Crippen LogP contribution is -2.06. The Morgan fingerprint density at radius 3 is 2.88 bits per heavy atom. The molecule has 1 heterocycles. The molecule has 1 aromatic heterocycles. The number of aromatic nitrogens is 2. The minimum absolute atomic E-state index is 0.685. The quantitative estimate of drug-likeness (QED) is 0.723. The fourth-order valence-electron chi connectivity index (χ4n) is 1.78. The van der Waals surface area contributed by atoms with Crippen molar-refractivity contribution in [2.75, 3.05) is 24.2 Å². The van der Waals surface area contributed by atoms with Gasteiger partial charge in [-0.15, -0.1) is 0 Å². The molecule has 2 rings (SSSR count). The maximum atomic E-state index is 4.35. The molecular formula is C12H20N4. The monoisotopic (exact) mass is 220 g/mol. The van der Waals surface area contributed by atoms with E-state index in [1.807, 2.05) is 20.0 Å². The first-order valence-electron chi connectivity index (χ1n) is 6.05. The van der Waals surface area contributed by atoms with Crippen LogP contribution < -0.4 is 10.6 Å². The zero-order valence-electron chi connectivity index (χ0n) is 10.1. The van der Waals surface area contributed by atoms with Crippen molar-refractivity contribution in [1.29, 1.82) is 0 Å². The molecule has 2 N–H and O–H groups in total. The van der Waals surface area contributed by atoms with Crippen LogP contribution >= 0.6 is 0 Å². The van der Waals surface area contributed by atoms with Crippen molar-refractivity contribution >= 4 is 11.8 Å². The molecule has 4 nitrogen and oxygen atoms in total. The highest BCUT2D eigenvalue weighted by Gasteiger charge is 2.19. The molecule has 88 valence electrons. The van der Waals surface area contributed by atoms with Gasteiger partial charge in [0, 0.05) is 25.4 Å². The first-order valence-corrected chi connectivity index (χ1v) is 6.05. The van der Waals surface area contributed by atoms with E-state index >= 15 is 0 Å². The molecule has 1 saturated carbocycles. The summed E-state index contributed by atoms with van der Waals surface area (Å²) in [6.07, 6.45) is 5.48. The normalized spacial score (nSPS) is 14.9. The van der Waals surface area contributed by atoms with Crippen LogP contribution in [0.25, 0.3) is 0 Å². The first kappa shape index (κ1) is 11.2. The lowest BCUT2D eigenvalue weighted by molar-refractivity contribution is 0.686. The molecule has 0 unspecified atom stereocenters. The van der Waals surface area contributed by atoms with Crippen LogP contribution in [0.5, 0.6) is 0 Å². The largest absolute Gasteiger partial charge is 0.370 e. The topological polar surface area (TPSA) is 49.8 Å². The van der Waals surface area contributed by atoms with Crippen LogP contribution in [-0.4, -0.2) is 23.6 Å². The number of hydrogen-bond acceptors (Lipinski definition) is 4. The van der Waals surface area contributed by atoms with Gasteiger partial charge in [-0.2, -0.15) is 4.98 Å². The van der Waals surface area contributed by atoms with Crippen LogP contribution in [0, 0.1) is 12.8 Å². The summed E-state index contributed by atoms with van der Waals surface area (Å²) in [5, 5.41) is 6.32. The van der Waals surface area contributed by atoms with Gasteiger partial charge in [-0.25, -0.2) is 4.98 Å². The lowest BCUT2D eigenvalue weighted by atomic mass is 10.2. The van der Waals surface area contributed by atoms with Gasteiger partial charge in [-0.05, 0) is 25.7 Å². The zero-order valence-corrected chi connectivity index (χ0v) is 10.1. The van der Waals surface area contributed by atoms with Crippen LogP contribution in [0.1, 0.15) is 31.4 Å². The van der Waals surface area contributed by atoms with Crippen molar-refractivity contribution in [2.24, 2.45) is 5.92 Å². The molecule has 16 heavy (non-hydrogen) atoms. The average Bonchev–Trinajstić information content (AvgIpc) is 3.07. The van der Waals surface area contributed by atoms with E-state index in [-0.39, 0.29) is 0 Å². The first-order chi connectivity index (χ1) is 7.78. The SMILES string of the molecule is CNc1nc(C)cc(NCCCC2CC2)n1. The van der Waals surface area contributed by atoms with E-state index in [0.717, 1.165) is 24.0 Å². The van der Waals surface area contributed by atoms with Gasteiger partial charge in [0.25, 0.3) is 0 Å². The van der Waals surface area contributed by atoms with Crippen LogP contribution in [0.15, 0.2) is 6.07 Å². The number of anilines is 2. The van der Waals surface area contributed by atoms with Gasteiger partial charge >= 0.3 is 0 Å². The van der Waals surface area contributed by atoms with Gasteiger partial charge < -0.3 is 10.6 Å². The molecule has 0 atom stereocenters. The van der Waals surface area contributed by atoms with Crippen LogP contribution in [0.2, 0.25) is 0 Å². The molecule has 0 radical (unpaired) electrons. The highest BCUT2D eigenvalue weighted by molar-refractivity contribution is 5.41. The summed E-state index contributed by atoms with van der Waals surface area (Å²) in [5.74, 6) is 2.62. The summed E-state index contributed by atoms with van der Waals surface area (Å²) >= 11 is 0. The van der Waals surface area contributed by atoms with Gasteiger partial charge in [0.1, 0.15) is 5.82 Å². The third kappa shape index (κ3) is 3.36.